The van der Waals surface area contributed by atoms with E-state index in [1.165, 1.54) is 0 Å². The van der Waals surface area contributed by atoms with E-state index in [0.717, 1.165) is 23.6 Å². The molecule has 0 aromatic heterocycles. The number of benzene rings is 1. The van der Waals surface area contributed by atoms with Gasteiger partial charge in [-0.15, -0.1) is 0 Å². The maximum absolute atomic E-state index is 11.9. The van der Waals surface area contributed by atoms with E-state index in [-0.39, 0.29) is 11.9 Å². The maximum Gasteiger partial charge on any atom is 0.242 e. The van der Waals surface area contributed by atoms with Crippen molar-refractivity contribution in [1.82, 2.24) is 5.32 Å². The third-order valence-electron chi connectivity index (χ3n) is 2.88. The van der Waals surface area contributed by atoms with Gasteiger partial charge in [0.2, 0.25) is 5.91 Å². The second-order valence-electron chi connectivity index (χ2n) is 4.68. The van der Waals surface area contributed by atoms with Crippen molar-refractivity contribution in [3.05, 3.63) is 18.2 Å². The van der Waals surface area contributed by atoms with Gasteiger partial charge >= 0.3 is 0 Å². The van der Waals surface area contributed by atoms with Crippen molar-refractivity contribution in [2.45, 2.75) is 40.2 Å². The molecule has 0 radical (unpaired) electrons. The number of carbonyl (C=O) groups is 1. The first-order valence-corrected chi connectivity index (χ1v) is 7.56. The molecular formula is C16H26N2O3. The maximum atomic E-state index is 11.9. The van der Waals surface area contributed by atoms with Crippen molar-refractivity contribution < 1.29 is 14.3 Å². The van der Waals surface area contributed by atoms with Crippen molar-refractivity contribution in [3.63, 3.8) is 0 Å². The molecule has 118 valence electrons. The van der Waals surface area contributed by atoms with E-state index in [0.29, 0.717) is 19.8 Å². The summed E-state index contributed by atoms with van der Waals surface area (Å²) in [6.45, 7) is 9.56. The molecule has 0 aliphatic rings. The first-order valence-electron chi connectivity index (χ1n) is 7.56. The summed E-state index contributed by atoms with van der Waals surface area (Å²) in [6.07, 6.45) is 0.919. The van der Waals surface area contributed by atoms with Crippen LogP contribution in [-0.4, -0.2) is 31.7 Å². The normalized spacial score (nSPS) is 11.6. The molecule has 0 saturated heterocycles. The highest BCUT2D eigenvalue weighted by Crippen LogP contribution is 2.30. The molecule has 0 fully saturated rings. The molecule has 5 nitrogen and oxygen atoms in total. The lowest BCUT2D eigenvalue weighted by molar-refractivity contribution is -0.121. The Morgan fingerprint density at radius 3 is 2.52 bits per heavy atom. The standard InChI is InChI=1S/C16H26N2O3/c1-5-10-17-16(19)12(4)18-14-11-13(20-6-2)8-9-15(14)21-7-3/h8-9,11-12,18H,5-7,10H2,1-4H3,(H,17,19). The molecule has 1 aromatic rings. The minimum atomic E-state index is -0.340. The van der Waals surface area contributed by atoms with Gasteiger partial charge in [-0.1, -0.05) is 6.92 Å². The lowest BCUT2D eigenvalue weighted by Gasteiger charge is -2.18. The molecule has 0 bridgehead atoms. The van der Waals surface area contributed by atoms with Gasteiger partial charge in [-0.25, -0.2) is 0 Å². The lowest BCUT2D eigenvalue weighted by atomic mass is 10.2. The summed E-state index contributed by atoms with van der Waals surface area (Å²) >= 11 is 0. The van der Waals surface area contributed by atoms with Crippen molar-refractivity contribution >= 4 is 11.6 Å². The second kappa shape index (κ2) is 9.10. The van der Waals surface area contributed by atoms with E-state index in [4.69, 9.17) is 9.47 Å². The number of rotatable bonds is 9. The fourth-order valence-corrected chi connectivity index (χ4v) is 1.86. The van der Waals surface area contributed by atoms with Crippen LogP contribution < -0.4 is 20.1 Å². The first-order chi connectivity index (χ1) is 10.1. The fraction of sp³-hybridized carbons (Fsp3) is 0.562. The minimum absolute atomic E-state index is 0.0267. The van der Waals surface area contributed by atoms with E-state index in [1.54, 1.807) is 0 Å². The molecule has 1 atom stereocenters. The number of hydrogen-bond donors (Lipinski definition) is 2. The van der Waals surface area contributed by atoms with E-state index >= 15 is 0 Å². The third-order valence-corrected chi connectivity index (χ3v) is 2.88. The summed E-state index contributed by atoms with van der Waals surface area (Å²) in [5.74, 6) is 1.45. The number of nitrogens with one attached hydrogen (secondary N) is 2. The predicted molar refractivity (Wildman–Crippen MR) is 85.2 cm³/mol. The van der Waals surface area contributed by atoms with E-state index < -0.39 is 0 Å². The molecule has 1 rings (SSSR count). The molecule has 0 saturated carbocycles. The molecular weight excluding hydrogens is 268 g/mol. The quantitative estimate of drug-likeness (QED) is 0.735. The van der Waals surface area contributed by atoms with Crippen LogP contribution >= 0.6 is 0 Å². The molecule has 0 aliphatic carbocycles. The van der Waals surface area contributed by atoms with Crippen LogP contribution in [0.4, 0.5) is 5.69 Å². The largest absolute Gasteiger partial charge is 0.494 e. The van der Waals surface area contributed by atoms with Crippen LogP contribution in [0, 0.1) is 0 Å². The van der Waals surface area contributed by atoms with Gasteiger partial charge in [0.05, 0.1) is 18.9 Å². The number of ether oxygens (including phenoxy) is 2. The fourth-order valence-electron chi connectivity index (χ4n) is 1.86. The van der Waals surface area contributed by atoms with Crippen LogP contribution in [0.2, 0.25) is 0 Å². The van der Waals surface area contributed by atoms with Crippen LogP contribution in [0.25, 0.3) is 0 Å². The second-order valence-corrected chi connectivity index (χ2v) is 4.68. The molecule has 0 aliphatic heterocycles. The van der Waals surface area contributed by atoms with Gasteiger partial charge in [-0.3, -0.25) is 4.79 Å². The number of anilines is 1. The summed E-state index contributed by atoms with van der Waals surface area (Å²) in [5, 5.41) is 6.06. The monoisotopic (exact) mass is 294 g/mol. The zero-order chi connectivity index (χ0) is 15.7. The van der Waals surface area contributed by atoms with Crippen molar-refractivity contribution in [2.24, 2.45) is 0 Å². The van der Waals surface area contributed by atoms with Gasteiger partial charge in [0, 0.05) is 12.6 Å². The van der Waals surface area contributed by atoms with Gasteiger partial charge in [0.15, 0.2) is 0 Å². The van der Waals surface area contributed by atoms with Gasteiger partial charge in [0.25, 0.3) is 0 Å². The van der Waals surface area contributed by atoms with Crippen LogP contribution in [0.15, 0.2) is 18.2 Å². The van der Waals surface area contributed by atoms with Gasteiger partial charge in [-0.2, -0.15) is 0 Å². The Bertz CT molecular complexity index is 449. The SMILES string of the molecule is CCCNC(=O)C(C)Nc1cc(OCC)ccc1OCC. The highest BCUT2D eigenvalue weighted by Gasteiger charge is 2.15. The summed E-state index contributed by atoms with van der Waals surface area (Å²) in [7, 11) is 0. The number of hydrogen-bond acceptors (Lipinski definition) is 4. The van der Waals surface area contributed by atoms with E-state index in [9.17, 15) is 4.79 Å². The lowest BCUT2D eigenvalue weighted by Crippen LogP contribution is -2.37. The molecule has 5 heteroatoms. The third kappa shape index (κ3) is 5.53. The van der Waals surface area contributed by atoms with E-state index in [2.05, 4.69) is 10.6 Å². The Morgan fingerprint density at radius 2 is 1.90 bits per heavy atom. The molecule has 2 N–H and O–H groups in total. The average molecular weight is 294 g/mol. The predicted octanol–water partition coefficient (Wildman–Crippen LogP) is 2.81. The number of carbonyl (C=O) groups excluding carboxylic acids is 1. The van der Waals surface area contributed by atoms with Gasteiger partial charge < -0.3 is 20.1 Å². The molecule has 21 heavy (non-hydrogen) atoms. The molecule has 1 unspecified atom stereocenters. The smallest absolute Gasteiger partial charge is 0.242 e. The zero-order valence-electron chi connectivity index (χ0n) is 13.4. The Morgan fingerprint density at radius 1 is 1.19 bits per heavy atom. The van der Waals surface area contributed by atoms with Gasteiger partial charge in [-0.05, 0) is 39.3 Å². The Labute approximate surface area is 127 Å². The summed E-state index contributed by atoms with van der Waals surface area (Å²) in [4.78, 5) is 11.9. The van der Waals surface area contributed by atoms with Crippen molar-refractivity contribution in [2.75, 3.05) is 25.1 Å². The van der Waals surface area contributed by atoms with Crippen LogP contribution in [0.3, 0.4) is 0 Å². The van der Waals surface area contributed by atoms with Crippen molar-refractivity contribution in [3.8, 4) is 11.5 Å². The van der Waals surface area contributed by atoms with E-state index in [1.807, 2.05) is 45.9 Å². The zero-order valence-corrected chi connectivity index (χ0v) is 13.4. The highest BCUT2D eigenvalue weighted by atomic mass is 16.5. The molecule has 0 spiro atoms. The molecule has 1 aromatic carbocycles. The topological polar surface area (TPSA) is 59.6 Å². The Balaban J connectivity index is 2.82. The number of amides is 1. The molecule has 0 heterocycles. The highest BCUT2D eigenvalue weighted by molar-refractivity contribution is 5.84. The van der Waals surface area contributed by atoms with Crippen molar-refractivity contribution in [1.29, 1.82) is 0 Å². The minimum Gasteiger partial charge on any atom is -0.494 e. The van der Waals surface area contributed by atoms with Crippen LogP contribution in [0.1, 0.15) is 34.1 Å². The molecule has 1 amide bonds. The average Bonchev–Trinajstić information content (AvgIpc) is 2.47. The van der Waals surface area contributed by atoms with Crippen LogP contribution in [0.5, 0.6) is 11.5 Å². The van der Waals surface area contributed by atoms with Crippen LogP contribution in [-0.2, 0) is 4.79 Å². The first kappa shape index (κ1) is 17.1. The Hall–Kier alpha value is -1.91. The summed E-state index contributed by atoms with van der Waals surface area (Å²) < 4.78 is 11.1. The summed E-state index contributed by atoms with van der Waals surface area (Å²) in [6, 6.07) is 5.24. The summed E-state index contributed by atoms with van der Waals surface area (Å²) in [5.41, 5.74) is 0.766. The Kier molecular flexibility index (Phi) is 7.43. The van der Waals surface area contributed by atoms with Gasteiger partial charge in [0.1, 0.15) is 17.5 Å².